The fraction of sp³-hybridized carbons (Fsp3) is 0.457. The minimum atomic E-state index is -0.917. The smallest absolute Gasteiger partial charge is 0.251 e. The van der Waals surface area contributed by atoms with E-state index >= 15 is 0 Å². The van der Waals surface area contributed by atoms with Gasteiger partial charge in [0.05, 0.1) is 23.2 Å². The number of hydrogen-bond acceptors (Lipinski definition) is 6. The van der Waals surface area contributed by atoms with Gasteiger partial charge in [-0.1, -0.05) is 42.5 Å². The van der Waals surface area contributed by atoms with Crippen LogP contribution >= 0.6 is 11.8 Å². The van der Waals surface area contributed by atoms with Crippen molar-refractivity contribution in [3.8, 4) is 5.75 Å². The lowest BCUT2D eigenvalue weighted by Gasteiger charge is -2.37. The van der Waals surface area contributed by atoms with Gasteiger partial charge >= 0.3 is 0 Å². The van der Waals surface area contributed by atoms with E-state index in [2.05, 4.69) is 12.2 Å². The molecule has 0 saturated carbocycles. The number of likely N-dealkylation sites (tertiary alicyclic amines) is 1. The van der Waals surface area contributed by atoms with Crippen LogP contribution in [0.25, 0.3) is 0 Å². The van der Waals surface area contributed by atoms with Gasteiger partial charge in [-0.3, -0.25) is 14.4 Å². The summed E-state index contributed by atoms with van der Waals surface area (Å²) < 4.78 is 4.01. The van der Waals surface area contributed by atoms with Gasteiger partial charge in [-0.15, -0.1) is 11.8 Å². The predicted octanol–water partition coefficient (Wildman–Crippen LogP) is 4.67. The van der Waals surface area contributed by atoms with Crippen molar-refractivity contribution in [3.63, 3.8) is 0 Å². The zero-order valence-electron chi connectivity index (χ0n) is 25.9. The quantitative estimate of drug-likeness (QED) is 0.343. The first kappa shape index (κ1) is 30.5. The molecule has 1 spiro atoms. The standard InChI is InChI=1S/C35H41N3O5S/c1-5-43-26-15-13-25(14-16-26)36-20-9-17-34(4)27(31(36)40)28-32(41)38(19-6-7-22-39)30-33(42)37(21-10-18-35(28,30)44-34)29-23(2)11-8-12-24(29)3/h8-18,27-28,30,39H,5-7,19-22H2,1-4H3/t27-,28+,30?,34+,35+/m1/s1. The third-order valence-electron chi connectivity index (χ3n) is 9.53. The number of nitrogens with zero attached hydrogens (tertiary/aromatic N) is 3. The van der Waals surface area contributed by atoms with Crippen molar-refractivity contribution in [2.75, 3.05) is 42.6 Å². The molecule has 1 unspecified atom stereocenters. The number of aryl methyl sites for hydroxylation is 2. The molecule has 0 aliphatic carbocycles. The second-order valence-corrected chi connectivity index (χ2v) is 14.1. The highest BCUT2D eigenvalue weighted by molar-refractivity contribution is 8.02. The van der Waals surface area contributed by atoms with Crippen molar-refractivity contribution < 1.29 is 24.2 Å². The highest BCUT2D eigenvalue weighted by Crippen LogP contribution is 2.65. The number of rotatable bonds is 8. The van der Waals surface area contributed by atoms with Crippen molar-refractivity contribution in [3.05, 3.63) is 77.9 Å². The summed E-state index contributed by atoms with van der Waals surface area (Å²) in [5.74, 6) is -1.05. The summed E-state index contributed by atoms with van der Waals surface area (Å²) in [4.78, 5) is 49.3. The van der Waals surface area contributed by atoms with Gasteiger partial charge in [0.1, 0.15) is 11.8 Å². The van der Waals surface area contributed by atoms with Crippen LogP contribution in [0, 0.1) is 25.7 Å². The highest BCUT2D eigenvalue weighted by atomic mass is 32.2. The summed E-state index contributed by atoms with van der Waals surface area (Å²) in [6.07, 6.45) is 9.27. The average molecular weight is 616 g/mol. The normalized spacial score (nSPS) is 29.4. The number of amides is 3. The number of anilines is 2. The van der Waals surface area contributed by atoms with Crippen LogP contribution in [0.4, 0.5) is 11.4 Å². The van der Waals surface area contributed by atoms with Gasteiger partial charge in [0, 0.05) is 42.4 Å². The first-order chi connectivity index (χ1) is 21.2. The molecule has 4 aliphatic rings. The summed E-state index contributed by atoms with van der Waals surface area (Å²) in [5.41, 5.74) is 3.60. The molecule has 8 nitrogen and oxygen atoms in total. The van der Waals surface area contributed by atoms with Crippen LogP contribution in [-0.2, 0) is 14.4 Å². The molecule has 2 aromatic rings. The molecule has 0 bridgehead atoms. The summed E-state index contributed by atoms with van der Waals surface area (Å²) in [5, 5.41) is 9.53. The number of thioether (sulfide) groups is 1. The molecule has 2 fully saturated rings. The molecule has 2 saturated heterocycles. The lowest BCUT2D eigenvalue weighted by Crippen LogP contribution is -2.53. The molecular formula is C35H41N3O5S. The Labute approximate surface area is 263 Å². The third-order valence-corrected chi connectivity index (χ3v) is 11.3. The van der Waals surface area contributed by atoms with Crippen LogP contribution in [0.2, 0.25) is 0 Å². The Kier molecular flexibility index (Phi) is 8.13. The van der Waals surface area contributed by atoms with Gasteiger partial charge in [0.15, 0.2) is 0 Å². The Morgan fingerprint density at radius 2 is 1.57 bits per heavy atom. The minimum Gasteiger partial charge on any atom is -0.494 e. The van der Waals surface area contributed by atoms with Crippen molar-refractivity contribution in [1.82, 2.24) is 4.90 Å². The fourth-order valence-corrected chi connectivity index (χ4v) is 9.87. The summed E-state index contributed by atoms with van der Waals surface area (Å²) in [6.45, 7) is 9.67. The molecular weight excluding hydrogens is 574 g/mol. The monoisotopic (exact) mass is 615 g/mol. The fourth-order valence-electron chi connectivity index (χ4n) is 7.71. The summed E-state index contributed by atoms with van der Waals surface area (Å²) in [6, 6.07) is 12.7. The second kappa shape index (κ2) is 11.7. The molecule has 44 heavy (non-hydrogen) atoms. The maximum atomic E-state index is 14.8. The van der Waals surface area contributed by atoms with E-state index in [4.69, 9.17) is 4.74 Å². The van der Waals surface area contributed by atoms with Crippen LogP contribution < -0.4 is 14.5 Å². The first-order valence-electron chi connectivity index (χ1n) is 15.6. The average Bonchev–Trinajstić information content (AvgIpc) is 3.26. The maximum Gasteiger partial charge on any atom is 0.251 e. The van der Waals surface area contributed by atoms with Crippen LogP contribution in [0.1, 0.15) is 37.8 Å². The number of benzene rings is 2. The van der Waals surface area contributed by atoms with Crippen molar-refractivity contribution in [2.45, 2.75) is 56.1 Å². The molecule has 2 aromatic carbocycles. The Morgan fingerprint density at radius 1 is 0.886 bits per heavy atom. The van der Waals surface area contributed by atoms with E-state index in [1.807, 2.05) is 87.2 Å². The van der Waals surface area contributed by atoms with Gasteiger partial charge in [-0.25, -0.2) is 0 Å². The minimum absolute atomic E-state index is 0.0133. The Balaban J connectivity index is 1.44. The van der Waals surface area contributed by atoms with E-state index in [1.54, 1.807) is 21.6 Å². The molecule has 1 N–H and O–H groups in total. The summed E-state index contributed by atoms with van der Waals surface area (Å²) >= 11 is 1.59. The largest absolute Gasteiger partial charge is 0.494 e. The Morgan fingerprint density at radius 3 is 2.25 bits per heavy atom. The number of para-hydroxylation sites is 1. The molecule has 0 aromatic heterocycles. The number of carbonyl (C=O) groups excluding carboxylic acids is 3. The lowest BCUT2D eigenvalue weighted by molar-refractivity contribution is -0.139. The van der Waals surface area contributed by atoms with Gasteiger partial charge in [0.2, 0.25) is 11.8 Å². The van der Waals surface area contributed by atoms with E-state index in [-0.39, 0.29) is 24.3 Å². The number of fused-ring (bicyclic) bond motifs is 2. The van der Waals surface area contributed by atoms with E-state index in [0.717, 1.165) is 28.3 Å². The van der Waals surface area contributed by atoms with Crippen molar-refractivity contribution >= 4 is 40.9 Å². The molecule has 0 radical (unpaired) electrons. The number of carbonyl (C=O) groups is 3. The maximum absolute atomic E-state index is 14.8. The molecule has 6 rings (SSSR count). The van der Waals surface area contributed by atoms with E-state index in [9.17, 15) is 19.5 Å². The van der Waals surface area contributed by atoms with Crippen molar-refractivity contribution in [2.24, 2.45) is 11.8 Å². The zero-order valence-corrected chi connectivity index (χ0v) is 26.7. The molecule has 9 heteroatoms. The number of unbranched alkanes of at least 4 members (excludes halogenated alkanes) is 1. The number of aliphatic hydroxyl groups is 1. The Bertz CT molecular complexity index is 1500. The van der Waals surface area contributed by atoms with E-state index < -0.39 is 27.4 Å². The number of ether oxygens (including phenoxy) is 1. The van der Waals surface area contributed by atoms with Gasteiger partial charge in [0.25, 0.3) is 5.91 Å². The van der Waals surface area contributed by atoms with Crippen LogP contribution in [0.5, 0.6) is 5.75 Å². The molecule has 5 atom stereocenters. The predicted molar refractivity (Wildman–Crippen MR) is 174 cm³/mol. The molecule has 3 amide bonds. The third kappa shape index (κ3) is 4.76. The van der Waals surface area contributed by atoms with Gasteiger partial charge in [-0.05, 0) is 75.9 Å². The van der Waals surface area contributed by atoms with Gasteiger partial charge in [-0.2, -0.15) is 0 Å². The number of hydrogen-bond donors (Lipinski definition) is 1. The molecule has 4 aliphatic heterocycles. The molecule has 232 valence electrons. The first-order valence-corrected chi connectivity index (χ1v) is 16.4. The lowest BCUT2D eigenvalue weighted by atomic mass is 9.74. The van der Waals surface area contributed by atoms with Crippen LogP contribution in [0.15, 0.2) is 66.8 Å². The number of aliphatic hydroxyl groups excluding tert-OH is 1. The zero-order chi connectivity index (χ0) is 31.2. The van der Waals surface area contributed by atoms with E-state index in [1.165, 1.54) is 0 Å². The van der Waals surface area contributed by atoms with Crippen LogP contribution in [-0.4, -0.2) is 76.1 Å². The topological polar surface area (TPSA) is 90.4 Å². The summed E-state index contributed by atoms with van der Waals surface area (Å²) in [7, 11) is 0. The second-order valence-electron chi connectivity index (χ2n) is 12.3. The highest BCUT2D eigenvalue weighted by Gasteiger charge is 2.74. The Hall–Kier alpha value is -3.56. The van der Waals surface area contributed by atoms with Crippen LogP contribution in [0.3, 0.4) is 0 Å². The SMILES string of the molecule is CCOc1ccc(N2CC=C[C@]3(C)S[C@]45C=CCN(c6c(C)cccc6C)C(=O)C4N(CCCCO)C(=O)[C@@H]5[C@@H]3C2=O)cc1. The molecule has 4 heterocycles. The van der Waals surface area contributed by atoms with Gasteiger partial charge < -0.3 is 24.5 Å². The van der Waals surface area contributed by atoms with Crippen molar-refractivity contribution in [1.29, 1.82) is 0 Å². The van der Waals surface area contributed by atoms with E-state index in [0.29, 0.717) is 39.1 Å².